The Hall–Kier alpha value is -1.53. The molecule has 2 unspecified atom stereocenters. The van der Waals surface area contributed by atoms with E-state index in [1.54, 1.807) is 6.26 Å². The van der Waals surface area contributed by atoms with Crippen LogP contribution in [-0.4, -0.2) is 60.8 Å². The van der Waals surface area contributed by atoms with Gasteiger partial charge in [0, 0.05) is 25.7 Å². The molecule has 0 aliphatic carbocycles. The molecule has 2 amide bonds. The van der Waals surface area contributed by atoms with Crippen LogP contribution in [0.1, 0.15) is 37.5 Å². The number of furan rings is 1. The third kappa shape index (κ3) is 4.24. The summed E-state index contributed by atoms with van der Waals surface area (Å²) in [6, 6.07) is 3.90. The Morgan fingerprint density at radius 3 is 3.00 bits per heavy atom. The number of hydrogen-bond donors (Lipinski definition) is 2. The van der Waals surface area contributed by atoms with E-state index in [0.29, 0.717) is 13.0 Å². The van der Waals surface area contributed by atoms with Crippen molar-refractivity contribution in [1.29, 1.82) is 0 Å². The fourth-order valence-corrected chi connectivity index (χ4v) is 3.02. The van der Waals surface area contributed by atoms with E-state index in [1.165, 1.54) is 0 Å². The van der Waals surface area contributed by atoms with Crippen molar-refractivity contribution in [3.05, 3.63) is 24.2 Å². The molecular formula is C16H27N3O3. The number of carbonyl (C=O) groups excluding carboxylic acids is 1. The molecule has 1 aromatic heterocycles. The topological polar surface area (TPSA) is 69.0 Å². The number of likely N-dealkylation sites (tertiary alicyclic amines) is 1. The molecule has 22 heavy (non-hydrogen) atoms. The van der Waals surface area contributed by atoms with Gasteiger partial charge in [0.2, 0.25) is 0 Å². The molecule has 0 spiro atoms. The highest BCUT2D eigenvalue weighted by Crippen LogP contribution is 2.21. The maximum atomic E-state index is 12.5. The van der Waals surface area contributed by atoms with Crippen LogP contribution in [0, 0.1) is 0 Å². The molecule has 0 saturated carbocycles. The van der Waals surface area contributed by atoms with E-state index in [1.807, 2.05) is 36.0 Å². The molecule has 0 aromatic carbocycles. The van der Waals surface area contributed by atoms with Crippen molar-refractivity contribution >= 4 is 6.03 Å². The van der Waals surface area contributed by atoms with Crippen LogP contribution in [0.3, 0.4) is 0 Å². The minimum atomic E-state index is -0.0449. The highest BCUT2D eigenvalue weighted by molar-refractivity contribution is 5.74. The van der Waals surface area contributed by atoms with E-state index in [2.05, 4.69) is 5.32 Å². The van der Waals surface area contributed by atoms with Crippen molar-refractivity contribution < 1.29 is 14.3 Å². The number of hydrogen-bond acceptors (Lipinski definition) is 4. The Bertz CT molecular complexity index is 445. The second-order valence-electron chi connectivity index (χ2n) is 6.04. The van der Waals surface area contributed by atoms with Gasteiger partial charge in [-0.2, -0.15) is 0 Å². The number of urea groups is 1. The molecule has 1 aromatic rings. The third-order valence-corrected chi connectivity index (χ3v) is 4.29. The standard InChI is InChI=1S/C16H27N3O3/c1-18(2)14(15-7-5-11-22-15)12-17-16(21)19-9-4-3-6-13(19)8-10-20/h5,7,11,13-14,20H,3-4,6,8-10,12H2,1-2H3,(H,17,21). The van der Waals surface area contributed by atoms with Crippen molar-refractivity contribution in [3.8, 4) is 0 Å². The van der Waals surface area contributed by atoms with Gasteiger partial charge >= 0.3 is 6.03 Å². The first-order valence-corrected chi connectivity index (χ1v) is 7.98. The Morgan fingerprint density at radius 2 is 2.36 bits per heavy atom. The number of rotatable bonds is 6. The zero-order valence-electron chi connectivity index (χ0n) is 13.5. The summed E-state index contributed by atoms with van der Waals surface area (Å²) in [5.74, 6) is 0.843. The number of piperidine rings is 1. The number of likely N-dealkylation sites (N-methyl/N-ethyl adjacent to an activating group) is 1. The number of carbonyl (C=O) groups is 1. The van der Waals surface area contributed by atoms with Crippen molar-refractivity contribution in [3.63, 3.8) is 0 Å². The first-order valence-electron chi connectivity index (χ1n) is 7.98. The maximum absolute atomic E-state index is 12.5. The van der Waals surface area contributed by atoms with Crippen LogP contribution in [0.15, 0.2) is 22.8 Å². The van der Waals surface area contributed by atoms with E-state index in [0.717, 1.165) is 31.6 Å². The molecule has 1 fully saturated rings. The monoisotopic (exact) mass is 309 g/mol. The number of nitrogens with zero attached hydrogens (tertiary/aromatic N) is 2. The largest absolute Gasteiger partial charge is 0.468 e. The van der Waals surface area contributed by atoms with Crippen LogP contribution >= 0.6 is 0 Å². The third-order valence-electron chi connectivity index (χ3n) is 4.29. The van der Waals surface area contributed by atoms with E-state index in [-0.39, 0.29) is 24.7 Å². The summed E-state index contributed by atoms with van der Waals surface area (Å²) >= 11 is 0. The van der Waals surface area contributed by atoms with E-state index in [4.69, 9.17) is 9.52 Å². The molecule has 1 aliphatic rings. The molecule has 6 nitrogen and oxygen atoms in total. The summed E-state index contributed by atoms with van der Waals surface area (Å²) in [6.07, 6.45) is 5.44. The number of aliphatic hydroxyl groups is 1. The lowest BCUT2D eigenvalue weighted by molar-refractivity contribution is 0.129. The van der Waals surface area contributed by atoms with Crippen molar-refractivity contribution in [1.82, 2.24) is 15.1 Å². The van der Waals surface area contributed by atoms with Gasteiger partial charge in [-0.15, -0.1) is 0 Å². The normalized spacial score (nSPS) is 20.2. The number of nitrogens with one attached hydrogen (secondary N) is 1. The lowest BCUT2D eigenvalue weighted by Gasteiger charge is -2.36. The van der Waals surface area contributed by atoms with Gasteiger partial charge in [-0.05, 0) is 51.9 Å². The lowest BCUT2D eigenvalue weighted by Crippen LogP contribution is -2.50. The SMILES string of the molecule is CN(C)C(CNC(=O)N1CCCCC1CCO)c1ccco1. The van der Waals surface area contributed by atoms with Crippen LogP contribution in [0.5, 0.6) is 0 Å². The summed E-state index contributed by atoms with van der Waals surface area (Å²) in [5.41, 5.74) is 0. The van der Waals surface area contributed by atoms with Crippen LogP contribution < -0.4 is 5.32 Å². The van der Waals surface area contributed by atoms with E-state index < -0.39 is 0 Å². The first kappa shape index (κ1) is 16.8. The summed E-state index contributed by atoms with van der Waals surface area (Å²) in [6.45, 7) is 1.40. The van der Waals surface area contributed by atoms with Gasteiger partial charge in [0.05, 0.1) is 12.3 Å². The quantitative estimate of drug-likeness (QED) is 0.841. The molecular weight excluding hydrogens is 282 g/mol. The summed E-state index contributed by atoms with van der Waals surface area (Å²) < 4.78 is 5.45. The highest BCUT2D eigenvalue weighted by atomic mass is 16.3. The van der Waals surface area contributed by atoms with Gasteiger partial charge < -0.3 is 19.7 Å². The molecule has 2 heterocycles. The summed E-state index contributed by atoms with van der Waals surface area (Å²) in [7, 11) is 3.93. The zero-order chi connectivity index (χ0) is 15.9. The second-order valence-corrected chi connectivity index (χ2v) is 6.04. The minimum absolute atomic E-state index is 0.0139. The highest BCUT2D eigenvalue weighted by Gasteiger charge is 2.27. The van der Waals surface area contributed by atoms with Crippen molar-refractivity contribution in [2.75, 3.05) is 33.8 Å². The minimum Gasteiger partial charge on any atom is -0.468 e. The van der Waals surface area contributed by atoms with Crippen molar-refractivity contribution in [2.45, 2.75) is 37.8 Å². The van der Waals surface area contributed by atoms with Gasteiger partial charge in [0.1, 0.15) is 5.76 Å². The molecule has 1 aliphatic heterocycles. The Morgan fingerprint density at radius 1 is 1.55 bits per heavy atom. The molecule has 124 valence electrons. The van der Waals surface area contributed by atoms with Crippen molar-refractivity contribution in [2.24, 2.45) is 0 Å². The van der Waals surface area contributed by atoms with Gasteiger partial charge in [0.25, 0.3) is 0 Å². The molecule has 2 atom stereocenters. The van der Waals surface area contributed by atoms with Gasteiger partial charge in [-0.1, -0.05) is 0 Å². The fraction of sp³-hybridized carbons (Fsp3) is 0.688. The summed E-state index contributed by atoms with van der Waals surface area (Å²) in [4.78, 5) is 16.4. The fourth-order valence-electron chi connectivity index (χ4n) is 3.02. The Labute approximate surface area is 132 Å². The maximum Gasteiger partial charge on any atom is 0.317 e. The molecule has 0 bridgehead atoms. The average Bonchev–Trinajstić information content (AvgIpc) is 3.02. The van der Waals surface area contributed by atoms with Crippen LogP contribution in [0.25, 0.3) is 0 Å². The predicted molar refractivity (Wildman–Crippen MR) is 84.6 cm³/mol. The zero-order valence-corrected chi connectivity index (χ0v) is 13.5. The van der Waals surface area contributed by atoms with Gasteiger partial charge in [-0.25, -0.2) is 4.79 Å². The second kappa shape index (κ2) is 8.19. The lowest BCUT2D eigenvalue weighted by atomic mass is 10.0. The van der Waals surface area contributed by atoms with Gasteiger partial charge in [0.15, 0.2) is 0 Å². The van der Waals surface area contributed by atoms with Gasteiger partial charge in [-0.3, -0.25) is 4.90 Å². The van der Waals surface area contributed by atoms with Crippen LogP contribution in [0.2, 0.25) is 0 Å². The molecule has 1 saturated heterocycles. The van der Waals surface area contributed by atoms with E-state index >= 15 is 0 Å². The van der Waals surface area contributed by atoms with Crippen LogP contribution in [-0.2, 0) is 0 Å². The molecule has 6 heteroatoms. The van der Waals surface area contributed by atoms with E-state index in [9.17, 15) is 4.79 Å². The molecule has 2 N–H and O–H groups in total. The summed E-state index contributed by atoms with van der Waals surface area (Å²) in [5, 5.41) is 12.2. The molecule has 0 radical (unpaired) electrons. The first-order chi connectivity index (χ1) is 10.6. The Balaban J connectivity index is 1.92. The molecule has 2 rings (SSSR count). The predicted octanol–water partition coefficient (Wildman–Crippen LogP) is 1.83. The number of aliphatic hydroxyl groups excluding tert-OH is 1. The number of amides is 2. The smallest absolute Gasteiger partial charge is 0.317 e. The average molecular weight is 309 g/mol. The van der Waals surface area contributed by atoms with Crippen LogP contribution in [0.4, 0.5) is 4.79 Å². The Kier molecular flexibility index (Phi) is 6.27.